The molecule has 1 saturated carbocycles. The van der Waals surface area contributed by atoms with Crippen LogP contribution in [0.3, 0.4) is 0 Å². The summed E-state index contributed by atoms with van der Waals surface area (Å²) in [5.41, 5.74) is 1.97. The second-order valence-corrected chi connectivity index (χ2v) is 5.24. The Labute approximate surface area is 109 Å². The van der Waals surface area contributed by atoms with Gasteiger partial charge in [-0.3, -0.25) is 4.79 Å². The number of amides is 1. The Balaban J connectivity index is 2.06. The van der Waals surface area contributed by atoms with Crippen LogP contribution in [0, 0.1) is 5.92 Å². The molecule has 98 valence electrons. The van der Waals surface area contributed by atoms with Gasteiger partial charge in [-0.1, -0.05) is 31.4 Å². The van der Waals surface area contributed by atoms with Crippen LogP contribution in [0.5, 0.6) is 0 Å². The average Bonchev–Trinajstić information content (AvgIpc) is 2.40. The highest BCUT2D eigenvalue weighted by molar-refractivity contribution is 5.95. The van der Waals surface area contributed by atoms with Crippen molar-refractivity contribution in [1.82, 2.24) is 0 Å². The molecule has 0 radical (unpaired) electrons. The van der Waals surface area contributed by atoms with Gasteiger partial charge in [0.1, 0.15) is 0 Å². The van der Waals surface area contributed by atoms with Gasteiger partial charge in [0.05, 0.1) is 11.4 Å². The minimum absolute atomic E-state index is 0.184. The third-order valence-corrected chi connectivity index (χ3v) is 3.62. The van der Waals surface area contributed by atoms with Crippen molar-refractivity contribution in [3.05, 3.63) is 24.3 Å². The van der Waals surface area contributed by atoms with E-state index in [-0.39, 0.29) is 11.8 Å². The molecule has 1 aromatic rings. The Morgan fingerprint density at radius 3 is 2.50 bits per heavy atom. The first-order valence-electron chi connectivity index (χ1n) is 6.75. The number of hydrogen-bond donors (Lipinski definition) is 1. The Morgan fingerprint density at radius 2 is 1.83 bits per heavy atom. The van der Waals surface area contributed by atoms with E-state index < -0.39 is 0 Å². The summed E-state index contributed by atoms with van der Waals surface area (Å²) in [6.45, 7) is 0. The van der Waals surface area contributed by atoms with E-state index >= 15 is 0 Å². The van der Waals surface area contributed by atoms with Crippen molar-refractivity contribution in [3.8, 4) is 0 Å². The first kappa shape index (κ1) is 12.9. The van der Waals surface area contributed by atoms with Crippen LogP contribution in [-0.2, 0) is 4.79 Å². The summed E-state index contributed by atoms with van der Waals surface area (Å²) < 4.78 is 0. The SMILES string of the molecule is CN(C)c1ccccc1NC(=O)C1CCCCC1. The van der Waals surface area contributed by atoms with Crippen LogP contribution in [0.1, 0.15) is 32.1 Å². The van der Waals surface area contributed by atoms with Gasteiger partial charge in [0, 0.05) is 20.0 Å². The second-order valence-electron chi connectivity index (χ2n) is 5.24. The molecule has 3 nitrogen and oxygen atoms in total. The molecular formula is C15H22N2O. The lowest BCUT2D eigenvalue weighted by molar-refractivity contribution is -0.120. The third kappa shape index (κ3) is 3.03. The highest BCUT2D eigenvalue weighted by Crippen LogP contribution is 2.28. The van der Waals surface area contributed by atoms with E-state index in [1.165, 1.54) is 19.3 Å². The van der Waals surface area contributed by atoms with E-state index in [1.54, 1.807) is 0 Å². The number of anilines is 2. The van der Waals surface area contributed by atoms with E-state index in [4.69, 9.17) is 0 Å². The first-order chi connectivity index (χ1) is 8.68. The van der Waals surface area contributed by atoms with Gasteiger partial charge in [-0.15, -0.1) is 0 Å². The lowest BCUT2D eigenvalue weighted by Crippen LogP contribution is -2.25. The Kier molecular flexibility index (Phi) is 4.24. The predicted octanol–water partition coefficient (Wildman–Crippen LogP) is 3.27. The molecule has 2 rings (SSSR count). The van der Waals surface area contributed by atoms with Gasteiger partial charge < -0.3 is 10.2 Å². The molecule has 0 unspecified atom stereocenters. The van der Waals surface area contributed by atoms with Crippen molar-refractivity contribution in [3.63, 3.8) is 0 Å². The molecule has 1 aliphatic rings. The van der Waals surface area contributed by atoms with Gasteiger partial charge in [0.25, 0.3) is 0 Å². The monoisotopic (exact) mass is 246 g/mol. The fraction of sp³-hybridized carbons (Fsp3) is 0.533. The van der Waals surface area contributed by atoms with Crippen molar-refractivity contribution in [2.24, 2.45) is 5.92 Å². The molecule has 0 saturated heterocycles. The molecule has 1 aliphatic carbocycles. The Bertz CT molecular complexity index is 409. The van der Waals surface area contributed by atoms with E-state index in [9.17, 15) is 4.79 Å². The van der Waals surface area contributed by atoms with E-state index in [2.05, 4.69) is 5.32 Å². The van der Waals surface area contributed by atoms with E-state index in [0.717, 1.165) is 24.2 Å². The third-order valence-electron chi connectivity index (χ3n) is 3.62. The zero-order chi connectivity index (χ0) is 13.0. The molecule has 1 fully saturated rings. The van der Waals surface area contributed by atoms with Gasteiger partial charge in [-0.25, -0.2) is 0 Å². The highest BCUT2D eigenvalue weighted by Gasteiger charge is 2.21. The van der Waals surface area contributed by atoms with Gasteiger partial charge in [-0.05, 0) is 25.0 Å². The Morgan fingerprint density at radius 1 is 1.17 bits per heavy atom. The van der Waals surface area contributed by atoms with E-state index in [1.807, 2.05) is 43.3 Å². The van der Waals surface area contributed by atoms with Crippen LogP contribution in [0.4, 0.5) is 11.4 Å². The number of benzene rings is 1. The Hall–Kier alpha value is -1.51. The van der Waals surface area contributed by atoms with Gasteiger partial charge in [0.2, 0.25) is 5.91 Å². The molecule has 3 heteroatoms. The summed E-state index contributed by atoms with van der Waals surface area (Å²) in [7, 11) is 3.98. The highest BCUT2D eigenvalue weighted by atomic mass is 16.1. The second kappa shape index (κ2) is 5.89. The molecule has 0 spiro atoms. The van der Waals surface area contributed by atoms with Crippen LogP contribution in [0.15, 0.2) is 24.3 Å². The minimum atomic E-state index is 0.184. The molecule has 0 aliphatic heterocycles. The molecule has 0 atom stereocenters. The van der Waals surface area contributed by atoms with Crippen LogP contribution in [0.2, 0.25) is 0 Å². The van der Waals surface area contributed by atoms with Crippen molar-refractivity contribution in [2.45, 2.75) is 32.1 Å². The minimum Gasteiger partial charge on any atom is -0.376 e. The lowest BCUT2D eigenvalue weighted by Gasteiger charge is -2.23. The molecular weight excluding hydrogens is 224 g/mol. The lowest BCUT2D eigenvalue weighted by atomic mass is 9.88. The number of carbonyl (C=O) groups excluding carboxylic acids is 1. The smallest absolute Gasteiger partial charge is 0.227 e. The van der Waals surface area contributed by atoms with Crippen molar-refractivity contribution in [2.75, 3.05) is 24.3 Å². The summed E-state index contributed by atoms with van der Waals surface area (Å²) >= 11 is 0. The quantitative estimate of drug-likeness (QED) is 0.887. The van der Waals surface area contributed by atoms with Gasteiger partial charge in [-0.2, -0.15) is 0 Å². The normalized spacial score (nSPS) is 16.3. The standard InChI is InChI=1S/C15H22N2O/c1-17(2)14-11-7-6-10-13(14)16-15(18)12-8-4-3-5-9-12/h6-7,10-12H,3-5,8-9H2,1-2H3,(H,16,18). The molecule has 0 heterocycles. The van der Waals surface area contributed by atoms with Crippen LogP contribution in [0.25, 0.3) is 0 Å². The molecule has 1 aromatic carbocycles. The van der Waals surface area contributed by atoms with Crippen molar-refractivity contribution < 1.29 is 4.79 Å². The summed E-state index contributed by atoms with van der Waals surface area (Å²) in [5, 5.41) is 3.08. The van der Waals surface area contributed by atoms with Crippen molar-refractivity contribution in [1.29, 1.82) is 0 Å². The molecule has 1 amide bonds. The maximum Gasteiger partial charge on any atom is 0.227 e. The molecule has 0 aromatic heterocycles. The summed E-state index contributed by atoms with van der Waals surface area (Å²) in [6.07, 6.45) is 5.73. The zero-order valence-corrected chi connectivity index (χ0v) is 11.3. The fourth-order valence-electron chi connectivity index (χ4n) is 2.57. The fourth-order valence-corrected chi connectivity index (χ4v) is 2.57. The van der Waals surface area contributed by atoms with Gasteiger partial charge >= 0.3 is 0 Å². The number of para-hydroxylation sites is 2. The number of nitrogens with zero attached hydrogens (tertiary/aromatic N) is 1. The summed E-state index contributed by atoms with van der Waals surface area (Å²) in [4.78, 5) is 14.2. The number of carbonyl (C=O) groups is 1. The maximum absolute atomic E-state index is 12.2. The van der Waals surface area contributed by atoms with Gasteiger partial charge in [0.15, 0.2) is 0 Å². The first-order valence-corrected chi connectivity index (χ1v) is 6.75. The number of nitrogens with one attached hydrogen (secondary N) is 1. The summed E-state index contributed by atoms with van der Waals surface area (Å²) in [5.74, 6) is 0.387. The van der Waals surface area contributed by atoms with Crippen LogP contribution >= 0.6 is 0 Å². The average molecular weight is 246 g/mol. The molecule has 0 bridgehead atoms. The van der Waals surface area contributed by atoms with Crippen LogP contribution < -0.4 is 10.2 Å². The van der Waals surface area contributed by atoms with E-state index in [0.29, 0.717) is 0 Å². The number of hydrogen-bond acceptors (Lipinski definition) is 2. The summed E-state index contributed by atoms with van der Waals surface area (Å²) in [6, 6.07) is 7.95. The maximum atomic E-state index is 12.2. The topological polar surface area (TPSA) is 32.3 Å². The van der Waals surface area contributed by atoms with Crippen LogP contribution in [-0.4, -0.2) is 20.0 Å². The van der Waals surface area contributed by atoms with Crippen molar-refractivity contribution >= 4 is 17.3 Å². The molecule has 18 heavy (non-hydrogen) atoms. The number of rotatable bonds is 3. The predicted molar refractivity (Wildman–Crippen MR) is 76.0 cm³/mol. The zero-order valence-electron chi connectivity index (χ0n) is 11.3. The molecule has 1 N–H and O–H groups in total. The largest absolute Gasteiger partial charge is 0.376 e.